The second-order valence-corrected chi connectivity index (χ2v) is 6.99. The van der Waals surface area contributed by atoms with E-state index in [0.717, 1.165) is 18.4 Å². The van der Waals surface area contributed by atoms with Gasteiger partial charge in [0.2, 0.25) is 5.91 Å². The van der Waals surface area contributed by atoms with Crippen molar-refractivity contribution >= 4 is 18.1 Å². The summed E-state index contributed by atoms with van der Waals surface area (Å²) < 4.78 is 5.26. The highest BCUT2D eigenvalue weighted by atomic mass is 16.6. The quantitative estimate of drug-likeness (QED) is 0.866. The number of rotatable bonds is 3. The lowest BCUT2D eigenvalue weighted by atomic mass is 10.1. The highest BCUT2D eigenvalue weighted by Crippen LogP contribution is 2.13. The Morgan fingerprint density at radius 3 is 2.38 bits per heavy atom. The summed E-state index contributed by atoms with van der Waals surface area (Å²) in [7, 11) is 0. The predicted octanol–water partition coefficient (Wildman–Crippen LogP) is 3.22. The normalized spacial score (nSPS) is 16.2. The van der Waals surface area contributed by atoms with Gasteiger partial charge >= 0.3 is 6.09 Å². The molecule has 0 atom stereocenters. The highest BCUT2D eigenvalue weighted by molar-refractivity contribution is 5.91. The minimum atomic E-state index is -0.497. The van der Waals surface area contributed by atoms with Crippen LogP contribution in [0.2, 0.25) is 0 Å². The van der Waals surface area contributed by atoms with E-state index in [1.54, 1.807) is 6.08 Å². The van der Waals surface area contributed by atoms with Crippen LogP contribution in [0.4, 0.5) is 4.79 Å². The van der Waals surface area contributed by atoms with Crippen molar-refractivity contribution in [2.45, 2.75) is 45.3 Å². The van der Waals surface area contributed by atoms with Crippen LogP contribution in [0.1, 0.15) is 39.2 Å². The van der Waals surface area contributed by atoms with E-state index in [-0.39, 0.29) is 11.9 Å². The first-order chi connectivity index (χ1) is 11.3. The maximum Gasteiger partial charge on any atom is 0.407 e. The van der Waals surface area contributed by atoms with Crippen molar-refractivity contribution in [1.29, 1.82) is 0 Å². The largest absolute Gasteiger partial charge is 0.444 e. The summed E-state index contributed by atoms with van der Waals surface area (Å²) in [6, 6.07) is 9.81. The molecule has 0 spiro atoms. The van der Waals surface area contributed by atoms with Gasteiger partial charge in [0.25, 0.3) is 0 Å². The third-order valence-corrected chi connectivity index (χ3v) is 3.75. The number of alkyl carbamates (subject to hydrolysis) is 1. The van der Waals surface area contributed by atoms with Crippen LogP contribution in [0.3, 0.4) is 0 Å². The summed E-state index contributed by atoms with van der Waals surface area (Å²) in [6.45, 7) is 6.80. The molecule has 1 aliphatic rings. The molecule has 1 aromatic carbocycles. The Labute approximate surface area is 143 Å². The second-order valence-electron chi connectivity index (χ2n) is 6.99. The number of carbonyl (C=O) groups is 2. The van der Waals surface area contributed by atoms with E-state index >= 15 is 0 Å². The zero-order chi connectivity index (χ0) is 17.6. The highest BCUT2D eigenvalue weighted by Gasteiger charge is 2.24. The van der Waals surface area contributed by atoms with Crippen LogP contribution in [0.15, 0.2) is 36.4 Å². The van der Waals surface area contributed by atoms with Crippen molar-refractivity contribution in [3.63, 3.8) is 0 Å². The average molecular weight is 330 g/mol. The summed E-state index contributed by atoms with van der Waals surface area (Å²) in [5, 5.41) is 2.88. The molecule has 0 radical (unpaired) electrons. The molecule has 0 bridgehead atoms. The number of ether oxygens (including phenoxy) is 1. The molecule has 0 saturated carbocycles. The second kappa shape index (κ2) is 7.99. The molecule has 5 heteroatoms. The summed E-state index contributed by atoms with van der Waals surface area (Å²) in [4.78, 5) is 25.8. The summed E-state index contributed by atoms with van der Waals surface area (Å²) in [5.74, 6) is 0.00886. The van der Waals surface area contributed by atoms with Gasteiger partial charge in [0, 0.05) is 25.2 Å². The summed E-state index contributed by atoms with van der Waals surface area (Å²) in [5.41, 5.74) is 0.510. The van der Waals surface area contributed by atoms with E-state index in [9.17, 15) is 9.59 Å². The number of hydrogen-bond donors (Lipinski definition) is 1. The maximum absolute atomic E-state index is 12.2. The van der Waals surface area contributed by atoms with Gasteiger partial charge in [-0.2, -0.15) is 0 Å². The van der Waals surface area contributed by atoms with Crippen molar-refractivity contribution in [3.05, 3.63) is 42.0 Å². The molecule has 0 unspecified atom stereocenters. The molecule has 1 saturated heterocycles. The van der Waals surface area contributed by atoms with Crippen molar-refractivity contribution in [1.82, 2.24) is 10.2 Å². The number of carbonyl (C=O) groups excluding carboxylic acids is 2. The molecular formula is C19H26N2O3. The third-order valence-electron chi connectivity index (χ3n) is 3.75. The van der Waals surface area contributed by atoms with Crippen LogP contribution >= 0.6 is 0 Å². The van der Waals surface area contributed by atoms with Gasteiger partial charge in [-0.3, -0.25) is 4.79 Å². The first kappa shape index (κ1) is 18.0. The Hall–Kier alpha value is -2.30. The molecule has 2 amide bonds. The fourth-order valence-electron chi connectivity index (χ4n) is 2.56. The Bertz CT molecular complexity index is 582. The van der Waals surface area contributed by atoms with E-state index < -0.39 is 11.7 Å². The molecule has 1 aliphatic heterocycles. The van der Waals surface area contributed by atoms with E-state index in [1.807, 2.05) is 62.1 Å². The van der Waals surface area contributed by atoms with Crippen LogP contribution in [0.5, 0.6) is 0 Å². The van der Waals surface area contributed by atoms with Gasteiger partial charge < -0.3 is 15.0 Å². The molecule has 5 nitrogen and oxygen atoms in total. The van der Waals surface area contributed by atoms with Gasteiger partial charge in [-0.15, -0.1) is 0 Å². The van der Waals surface area contributed by atoms with Gasteiger partial charge in [0.15, 0.2) is 0 Å². The molecule has 2 rings (SSSR count). The molecule has 130 valence electrons. The Morgan fingerprint density at radius 2 is 1.79 bits per heavy atom. The first-order valence-electron chi connectivity index (χ1n) is 8.35. The molecule has 1 fully saturated rings. The van der Waals surface area contributed by atoms with Crippen molar-refractivity contribution in [2.24, 2.45) is 0 Å². The van der Waals surface area contributed by atoms with Crippen LogP contribution < -0.4 is 5.32 Å². The summed E-state index contributed by atoms with van der Waals surface area (Å²) in [6.07, 6.45) is 4.52. The Morgan fingerprint density at radius 1 is 1.17 bits per heavy atom. The van der Waals surface area contributed by atoms with Gasteiger partial charge in [-0.1, -0.05) is 30.3 Å². The number of likely N-dealkylation sites (tertiary alicyclic amines) is 1. The van der Waals surface area contributed by atoms with Crippen LogP contribution in [-0.4, -0.2) is 41.6 Å². The smallest absolute Gasteiger partial charge is 0.407 e. The number of piperidine rings is 1. The minimum Gasteiger partial charge on any atom is -0.444 e. The van der Waals surface area contributed by atoms with Gasteiger partial charge in [0.1, 0.15) is 5.60 Å². The van der Waals surface area contributed by atoms with E-state index in [1.165, 1.54) is 0 Å². The molecule has 24 heavy (non-hydrogen) atoms. The van der Waals surface area contributed by atoms with Crippen LogP contribution in [-0.2, 0) is 9.53 Å². The maximum atomic E-state index is 12.2. The SMILES string of the molecule is CC(C)(C)OC(=O)NC1CCN(C(=O)/C=C/c2ccccc2)CC1. The molecular weight excluding hydrogens is 304 g/mol. The molecule has 1 N–H and O–H groups in total. The first-order valence-corrected chi connectivity index (χ1v) is 8.35. The standard InChI is InChI=1S/C19H26N2O3/c1-19(2,3)24-18(23)20-16-11-13-21(14-12-16)17(22)10-9-15-7-5-4-6-8-15/h4-10,16H,11-14H2,1-3H3,(H,20,23)/b10-9+. The van der Waals surface area contributed by atoms with Crippen molar-refractivity contribution in [3.8, 4) is 0 Å². The third kappa shape index (κ3) is 6.07. The van der Waals surface area contributed by atoms with Crippen molar-refractivity contribution in [2.75, 3.05) is 13.1 Å². The fraction of sp³-hybridized carbons (Fsp3) is 0.474. The van der Waals surface area contributed by atoms with E-state index in [0.29, 0.717) is 13.1 Å². The molecule has 1 aromatic rings. The lowest BCUT2D eigenvalue weighted by molar-refractivity contribution is -0.127. The van der Waals surface area contributed by atoms with Crippen molar-refractivity contribution < 1.29 is 14.3 Å². The Balaban J connectivity index is 1.77. The predicted molar refractivity (Wildman–Crippen MR) is 94.4 cm³/mol. The number of nitrogens with one attached hydrogen (secondary N) is 1. The van der Waals surface area contributed by atoms with Gasteiger partial charge in [-0.25, -0.2) is 4.79 Å². The fourth-order valence-corrected chi connectivity index (χ4v) is 2.56. The zero-order valence-corrected chi connectivity index (χ0v) is 14.6. The monoisotopic (exact) mass is 330 g/mol. The lowest BCUT2D eigenvalue weighted by Gasteiger charge is -2.32. The zero-order valence-electron chi connectivity index (χ0n) is 14.6. The number of hydrogen-bond acceptors (Lipinski definition) is 3. The topological polar surface area (TPSA) is 58.6 Å². The Kier molecular flexibility index (Phi) is 6.01. The van der Waals surface area contributed by atoms with Gasteiger partial charge in [-0.05, 0) is 45.3 Å². The number of amides is 2. The average Bonchev–Trinajstić information content (AvgIpc) is 2.52. The van der Waals surface area contributed by atoms with E-state index in [2.05, 4.69) is 5.32 Å². The number of benzene rings is 1. The van der Waals surface area contributed by atoms with Crippen LogP contribution in [0, 0.1) is 0 Å². The molecule has 0 aliphatic carbocycles. The summed E-state index contributed by atoms with van der Waals surface area (Å²) >= 11 is 0. The molecule has 1 heterocycles. The minimum absolute atomic E-state index is 0.00886. The van der Waals surface area contributed by atoms with Gasteiger partial charge in [0.05, 0.1) is 0 Å². The van der Waals surface area contributed by atoms with Crippen LogP contribution in [0.25, 0.3) is 6.08 Å². The molecule has 0 aromatic heterocycles. The lowest BCUT2D eigenvalue weighted by Crippen LogP contribution is -2.47. The number of nitrogens with zero attached hydrogens (tertiary/aromatic N) is 1. The van der Waals surface area contributed by atoms with E-state index in [4.69, 9.17) is 4.74 Å².